The molecule has 5 nitrogen and oxygen atoms in total. The first-order chi connectivity index (χ1) is 18.8. The van der Waals surface area contributed by atoms with Crippen LogP contribution in [0.4, 0.5) is 50.0 Å². The SMILES string of the molecule is CCOC(=O)N1c2ccc(C(F)(F)F)cc2C(C(Cl)(C(=O)OC)c2cc(C(F)(F)F)cc(C(F)(F)F)c2)=CC1CC. The number of hydrogen-bond donors (Lipinski definition) is 0. The Morgan fingerprint density at radius 1 is 0.829 bits per heavy atom. The summed E-state index contributed by atoms with van der Waals surface area (Å²) in [6, 6.07) is 1.05. The van der Waals surface area contributed by atoms with Crippen molar-refractivity contribution in [1.82, 2.24) is 0 Å². The van der Waals surface area contributed by atoms with Crippen LogP contribution in [0.3, 0.4) is 0 Å². The molecule has 0 spiro atoms. The summed E-state index contributed by atoms with van der Waals surface area (Å²) in [5.74, 6) is -1.58. The summed E-state index contributed by atoms with van der Waals surface area (Å²) in [6.45, 7) is 2.86. The lowest BCUT2D eigenvalue weighted by molar-refractivity contribution is -0.145. The van der Waals surface area contributed by atoms with Crippen molar-refractivity contribution in [2.75, 3.05) is 18.6 Å². The average molecular weight is 618 g/mol. The molecule has 0 aliphatic carbocycles. The van der Waals surface area contributed by atoms with E-state index < -0.39 is 74.9 Å². The van der Waals surface area contributed by atoms with Gasteiger partial charge in [0.15, 0.2) is 4.87 Å². The van der Waals surface area contributed by atoms with Crippen LogP contribution < -0.4 is 4.90 Å². The Balaban J connectivity index is 2.48. The summed E-state index contributed by atoms with van der Waals surface area (Å²) in [5.41, 5.74) is -7.48. The molecule has 0 fully saturated rings. The number of methoxy groups -OCH3 is 1. The lowest BCUT2D eigenvalue weighted by atomic mass is 9.79. The normalized spacial score (nSPS) is 17.3. The number of carbonyl (C=O) groups excluding carboxylic acids is 2. The zero-order valence-electron chi connectivity index (χ0n) is 21.4. The van der Waals surface area contributed by atoms with Crippen LogP contribution in [0.1, 0.15) is 48.1 Å². The molecule has 0 radical (unpaired) electrons. The fourth-order valence-corrected chi connectivity index (χ4v) is 4.73. The van der Waals surface area contributed by atoms with E-state index in [9.17, 15) is 49.1 Å². The Bertz CT molecular complexity index is 1340. The van der Waals surface area contributed by atoms with Gasteiger partial charge in [0.1, 0.15) is 0 Å². The highest BCUT2D eigenvalue weighted by Crippen LogP contribution is 2.52. The fraction of sp³-hybridized carbons (Fsp3) is 0.385. The van der Waals surface area contributed by atoms with Crippen molar-refractivity contribution in [1.29, 1.82) is 0 Å². The van der Waals surface area contributed by atoms with E-state index in [0.29, 0.717) is 12.1 Å². The van der Waals surface area contributed by atoms with Gasteiger partial charge in [-0.3, -0.25) is 4.90 Å². The number of fused-ring (bicyclic) bond motifs is 1. The number of nitrogens with zero attached hydrogens (tertiary/aromatic N) is 1. The molecule has 1 heterocycles. The van der Waals surface area contributed by atoms with Crippen LogP contribution in [0.25, 0.3) is 5.57 Å². The molecule has 15 heteroatoms. The second-order valence-electron chi connectivity index (χ2n) is 8.80. The summed E-state index contributed by atoms with van der Waals surface area (Å²) >= 11 is 6.65. The molecule has 2 aromatic rings. The van der Waals surface area contributed by atoms with Crippen molar-refractivity contribution in [3.05, 3.63) is 70.3 Å². The molecule has 2 aromatic carbocycles. The van der Waals surface area contributed by atoms with Gasteiger partial charge in [0.05, 0.1) is 42.1 Å². The number of amides is 1. The number of esters is 1. The van der Waals surface area contributed by atoms with Gasteiger partial charge in [-0.2, -0.15) is 39.5 Å². The van der Waals surface area contributed by atoms with Gasteiger partial charge in [0.25, 0.3) is 0 Å². The predicted molar refractivity (Wildman–Crippen MR) is 129 cm³/mol. The van der Waals surface area contributed by atoms with Gasteiger partial charge >= 0.3 is 30.6 Å². The highest BCUT2D eigenvalue weighted by molar-refractivity contribution is 6.41. The van der Waals surface area contributed by atoms with E-state index in [1.807, 2.05) is 0 Å². The van der Waals surface area contributed by atoms with Crippen molar-refractivity contribution < 1.29 is 58.6 Å². The molecule has 0 bridgehead atoms. The fourth-order valence-electron chi connectivity index (χ4n) is 4.38. The summed E-state index contributed by atoms with van der Waals surface area (Å²) in [6.07, 6.45) is -15.6. The summed E-state index contributed by atoms with van der Waals surface area (Å²) in [5, 5.41) is 0. The number of benzene rings is 2. The molecule has 0 saturated heterocycles. The van der Waals surface area contributed by atoms with Crippen molar-refractivity contribution >= 4 is 34.9 Å². The van der Waals surface area contributed by atoms with Crippen LogP contribution in [-0.2, 0) is 37.7 Å². The molecule has 2 unspecified atom stereocenters. The maximum Gasteiger partial charge on any atom is 0.416 e. The maximum atomic E-state index is 13.7. The van der Waals surface area contributed by atoms with Gasteiger partial charge in [-0.05, 0) is 60.9 Å². The molecule has 0 N–H and O–H groups in total. The van der Waals surface area contributed by atoms with E-state index in [4.69, 9.17) is 16.3 Å². The molecule has 1 aliphatic rings. The molecule has 3 rings (SSSR count). The van der Waals surface area contributed by atoms with Crippen LogP contribution in [0, 0.1) is 0 Å². The molecule has 1 aliphatic heterocycles. The molecule has 0 saturated carbocycles. The third-order valence-corrected chi connectivity index (χ3v) is 6.85. The van der Waals surface area contributed by atoms with Crippen molar-refractivity contribution in [3.63, 3.8) is 0 Å². The van der Waals surface area contributed by atoms with Gasteiger partial charge in [-0.1, -0.05) is 24.6 Å². The van der Waals surface area contributed by atoms with E-state index in [-0.39, 0.29) is 36.9 Å². The predicted octanol–water partition coefficient (Wildman–Crippen LogP) is 8.19. The average Bonchev–Trinajstić information content (AvgIpc) is 2.89. The number of halogens is 10. The standard InChI is InChI=1S/C26H21ClF9NO4/c1-4-17-12-19(18-11-13(24(28,29)30)6-7-20(18)37(17)22(39)41-5-2)23(27,21(38)40-3)14-8-15(25(31,32)33)10-16(9-14)26(34,35)36/h6-12,17H,4-5H2,1-3H3. The number of anilines is 1. The topological polar surface area (TPSA) is 55.8 Å². The van der Waals surface area contributed by atoms with Gasteiger partial charge in [0, 0.05) is 5.56 Å². The van der Waals surface area contributed by atoms with Gasteiger partial charge in [0.2, 0.25) is 0 Å². The van der Waals surface area contributed by atoms with E-state index >= 15 is 0 Å². The zero-order chi connectivity index (χ0) is 31.1. The smallest absolute Gasteiger partial charge is 0.416 e. The Kier molecular flexibility index (Phi) is 8.69. The van der Waals surface area contributed by atoms with Crippen LogP contribution in [0.2, 0.25) is 0 Å². The summed E-state index contributed by atoms with van der Waals surface area (Å²) in [4.78, 5) is 23.9. The molecular formula is C26H21ClF9NO4. The number of alkyl halides is 10. The Morgan fingerprint density at radius 3 is 1.78 bits per heavy atom. The van der Waals surface area contributed by atoms with E-state index in [1.165, 1.54) is 13.8 Å². The number of hydrogen-bond acceptors (Lipinski definition) is 4. The molecule has 41 heavy (non-hydrogen) atoms. The van der Waals surface area contributed by atoms with Crippen molar-refractivity contribution in [3.8, 4) is 0 Å². The van der Waals surface area contributed by atoms with E-state index in [1.54, 1.807) is 0 Å². The molecule has 224 valence electrons. The van der Waals surface area contributed by atoms with Crippen LogP contribution in [0.5, 0.6) is 0 Å². The van der Waals surface area contributed by atoms with Crippen molar-refractivity contribution in [2.24, 2.45) is 0 Å². The zero-order valence-corrected chi connectivity index (χ0v) is 22.1. The maximum absolute atomic E-state index is 13.7. The molecular weight excluding hydrogens is 597 g/mol. The number of carbonyl (C=O) groups is 2. The number of ether oxygens (including phenoxy) is 2. The van der Waals surface area contributed by atoms with Crippen molar-refractivity contribution in [2.45, 2.75) is 49.7 Å². The monoisotopic (exact) mass is 617 g/mol. The minimum Gasteiger partial charge on any atom is -0.467 e. The van der Waals surface area contributed by atoms with Gasteiger partial charge < -0.3 is 9.47 Å². The third kappa shape index (κ3) is 6.11. The first kappa shape index (κ1) is 32.1. The number of rotatable bonds is 5. The minimum atomic E-state index is -5.33. The Labute approximate surface area is 232 Å². The highest BCUT2D eigenvalue weighted by Gasteiger charge is 2.50. The lowest BCUT2D eigenvalue weighted by Crippen LogP contribution is -2.44. The van der Waals surface area contributed by atoms with E-state index in [2.05, 4.69) is 4.74 Å². The third-order valence-electron chi connectivity index (χ3n) is 6.27. The van der Waals surface area contributed by atoms with Gasteiger partial charge in [-0.15, -0.1) is 0 Å². The Morgan fingerprint density at radius 2 is 1.34 bits per heavy atom. The molecule has 1 amide bonds. The summed E-state index contributed by atoms with van der Waals surface area (Å²) in [7, 11) is 0.746. The summed E-state index contributed by atoms with van der Waals surface area (Å²) < 4.78 is 133. The second-order valence-corrected chi connectivity index (χ2v) is 9.37. The van der Waals surface area contributed by atoms with Crippen LogP contribution >= 0.6 is 11.6 Å². The van der Waals surface area contributed by atoms with Crippen LogP contribution in [-0.4, -0.2) is 31.8 Å². The first-order valence-electron chi connectivity index (χ1n) is 11.8. The molecule has 0 aromatic heterocycles. The van der Waals surface area contributed by atoms with Crippen LogP contribution in [0.15, 0.2) is 42.5 Å². The Hall–Kier alpha value is -3.42. The quantitative estimate of drug-likeness (QED) is 0.193. The highest BCUT2D eigenvalue weighted by atomic mass is 35.5. The van der Waals surface area contributed by atoms with Gasteiger partial charge in [-0.25, -0.2) is 9.59 Å². The second kappa shape index (κ2) is 11.1. The first-order valence-corrected chi connectivity index (χ1v) is 12.2. The lowest BCUT2D eigenvalue weighted by Gasteiger charge is -2.39. The van der Waals surface area contributed by atoms with E-state index in [0.717, 1.165) is 24.2 Å². The largest absolute Gasteiger partial charge is 0.467 e. The molecule has 2 atom stereocenters. The minimum absolute atomic E-state index is 0.0211.